The van der Waals surface area contributed by atoms with Crippen LogP contribution in [0, 0.1) is 11.3 Å². The van der Waals surface area contributed by atoms with E-state index < -0.39 is 0 Å². The van der Waals surface area contributed by atoms with E-state index >= 15 is 0 Å². The van der Waals surface area contributed by atoms with E-state index in [9.17, 15) is 10.1 Å². The van der Waals surface area contributed by atoms with Gasteiger partial charge in [0.1, 0.15) is 6.07 Å². The van der Waals surface area contributed by atoms with Crippen LogP contribution < -0.4 is 24.8 Å². The highest BCUT2D eigenvalue weighted by molar-refractivity contribution is 5.96. The number of benzene rings is 2. The third-order valence-electron chi connectivity index (χ3n) is 4.96. The maximum absolute atomic E-state index is 13.0. The highest BCUT2D eigenvalue weighted by Gasteiger charge is 2.25. The summed E-state index contributed by atoms with van der Waals surface area (Å²) in [6.07, 6.45) is 0. The zero-order chi connectivity index (χ0) is 21.0. The summed E-state index contributed by atoms with van der Waals surface area (Å²) < 4.78 is 16.0. The van der Waals surface area contributed by atoms with Gasteiger partial charge in [0.25, 0.3) is 5.91 Å². The molecule has 0 spiro atoms. The topological polar surface area (TPSA) is 101 Å². The first-order valence-corrected chi connectivity index (χ1v) is 9.16. The second kappa shape index (κ2) is 8.61. The van der Waals surface area contributed by atoms with E-state index in [-0.39, 0.29) is 5.91 Å². The van der Waals surface area contributed by atoms with Gasteiger partial charge in [0.15, 0.2) is 11.5 Å². The Kier molecular flexibility index (Phi) is 5.98. The highest BCUT2D eigenvalue weighted by atomic mass is 16.5. The molecule has 2 N–H and O–H groups in total. The number of nitriles is 1. The summed E-state index contributed by atoms with van der Waals surface area (Å²) >= 11 is 0. The van der Waals surface area contributed by atoms with Crippen LogP contribution in [0.5, 0.6) is 17.2 Å². The monoisotopic (exact) mass is 396 g/mol. The maximum atomic E-state index is 13.0. The normalized spacial score (nSPS) is 13.6. The molecule has 0 bridgehead atoms. The Bertz CT molecular complexity index is 921. The Hall–Kier alpha value is -3.60. The molecule has 29 heavy (non-hydrogen) atoms. The third-order valence-corrected chi connectivity index (χ3v) is 4.96. The minimum Gasteiger partial charge on any atom is -0.493 e. The van der Waals surface area contributed by atoms with Gasteiger partial charge in [-0.3, -0.25) is 4.79 Å². The molecule has 1 fully saturated rings. The van der Waals surface area contributed by atoms with Crippen molar-refractivity contribution in [2.75, 3.05) is 58.1 Å². The van der Waals surface area contributed by atoms with Gasteiger partial charge in [0.2, 0.25) is 5.75 Å². The van der Waals surface area contributed by atoms with Crippen LogP contribution in [0.25, 0.3) is 0 Å². The number of rotatable bonds is 5. The summed E-state index contributed by atoms with van der Waals surface area (Å²) in [5.41, 5.74) is 8.17. The minimum absolute atomic E-state index is 0.110. The van der Waals surface area contributed by atoms with Crippen LogP contribution in [0.1, 0.15) is 15.9 Å². The van der Waals surface area contributed by atoms with Crippen LogP contribution in [0.4, 0.5) is 11.4 Å². The molecular weight excluding hydrogens is 372 g/mol. The van der Waals surface area contributed by atoms with Crippen LogP contribution >= 0.6 is 0 Å². The Morgan fingerprint density at radius 1 is 1.00 bits per heavy atom. The molecule has 1 amide bonds. The number of carbonyl (C=O) groups is 1. The summed E-state index contributed by atoms with van der Waals surface area (Å²) in [5.74, 6) is 1.22. The lowest BCUT2D eigenvalue weighted by atomic mass is 10.1. The van der Waals surface area contributed by atoms with Crippen molar-refractivity contribution in [2.45, 2.75) is 0 Å². The average Bonchev–Trinajstić information content (AvgIpc) is 2.77. The number of piperazine rings is 1. The van der Waals surface area contributed by atoms with Gasteiger partial charge in [-0.15, -0.1) is 0 Å². The van der Waals surface area contributed by atoms with Gasteiger partial charge in [-0.25, -0.2) is 0 Å². The molecule has 0 saturated carbocycles. The highest BCUT2D eigenvalue weighted by Crippen LogP contribution is 2.38. The summed E-state index contributed by atoms with van der Waals surface area (Å²) in [4.78, 5) is 16.9. The molecule has 2 aromatic rings. The number of nitrogens with two attached hydrogens (primary N) is 1. The van der Waals surface area contributed by atoms with Gasteiger partial charge in [0.05, 0.1) is 32.6 Å². The van der Waals surface area contributed by atoms with Crippen molar-refractivity contribution >= 4 is 17.3 Å². The van der Waals surface area contributed by atoms with Crippen LogP contribution in [0.2, 0.25) is 0 Å². The number of methoxy groups -OCH3 is 3. The standard InChI is InChI=1S/C21H24N4O4/c1-27-18-11-14(12-19(28-2)20(18)29-3)21(26)25-8-6-24(7-9-25)17-5-4-16(23)10-15(17)13-22/h4-5,10-12H,6-9,23H2,1-3H3. The zero-order valence-electron chi connectivity index (χ0n) is 16.8. The minimum atomic E-state index is -0.110. The van der Waals surface area contributed by atoms with Gasteiger partial charge in [-0.05, 0) is 30.3 Å². The van der Waals surface area contributed by atoms with Crippen LogP contribution in [-0.4, -0.2) is 58.3 Å². The third kappa shape index (κ3) is 3.99. The molecule has 1 aliphatic heterocycles. The Balaban J connectivity index is 1.76. The van der Waals surface area contributed by atoms with Crippen molar-refractivity contribution in [2.24, 2.45) is 0 Å². The molecule has 0 aliphatic carbocycles. The van der Waals surface area contributed by atoms with Crippen molar-refractivity contribution in [3.63, 3.8) is 0 Å². The predicted molar refractivity (Wildman–Crippen MR) is 110 cm³/mol. The quantitative estimate of drug-likeness (QED) is 0.773. The van der Waals surface area contributed by atoms with Gasteiger partial charge < -0.3 is 29.7 Å². The lowest BCUT2D eigenvalue weighted by Gasteiger charge is -2.36. The number of nitrogen functional groups attached to an aromatic ring is 1. The molecule has 8 heteroatoms. The van der Waals surface area contributed by atoms with Gasteiger partial charge in [-0.1, -0.05) is 0 Å². The van der Waals surface area contributed by atoms with Gasteiger partial charge in [-0.2, -0.15) is 5.26 Å². The van der Waals surface area contributed by atoms with E-state index in [0.717, 1.165) is 5.69 Å². The lowest BCUT2D eigenvalue weighted by Crippen LogP contribution is -2.49. The molecule has 0 aromatic heterocycles. The van der Waals surface area contributed by atoms with E-state index in [1.165, 1.54) is 21.3 Å². The second-order valence-corrected chi connectivity index (χ2v) is 6.58. The second-order valence-electron chi connectivity index (χ2n) is 6.58. The van der Waals surface area contributed by atoms with Crippen LogP contribution in [-0.2, 0) is 0 Å². The summed E-state index contributed by atoms with van der Waals surface area (Å²) in [6.45, 7) is 2.30. The fourth-order valence-corrected chi connectivity index (χ4v) is 3.46. The van der Waals surface area contributed by atoms with Crippen LogP contribution in [0.15, 0.2) is 30.3 Å². The summed E-state index contributed by atoms with van der Waals surface area (Å²) in [7, 11) is 4.56. The number of amides is 1. The largest absolute Gasteiger partial charge is 0.493 e. The van der Waals surface area contributed by atoms with E-state index in [1.807, 2.05) is 6.07 Å². The molecule has 0 unspecified atom stereocenters. The molecule has 0 radical (unpaired) electrons. The lowest BCUT2D eigenvalue weighted by molar-refractivity contribution is 0.0746. The molecule has 0 atom stereocenters. The Morgan fingerprint density at radius 2 is 1.62 bits per heavy atom. The molecule has 2 aromatic carbocycles. The molecule has 1 aliphatic rings. The predicted octanol–water partition coefficient (Wildman–Crippen LogP) is 2.13. The number of hydrogen-bond donors (Lipinski definition) is 1. The van der Waals surface area contributed by atoms with Crippen molar-refractivity contribution in [1.29, 1.82) is 5.26 Å². The van der Waals surface area contributed by atoms with Crippen molar-refractivity contribution in [1.82, 2.24) is 4.90 Å². The molecular formula is C21H24N4O4. The Labute approximate surface area is 170 Å². The first-order chi connectivity index (χ1) is 14.0. The van der Waals surface area contributed by atoms with E-state index in [2.05, 4.69) is 11.0 Å². The fraction of sp³-hybridized carbons (Fsp3) is 0.333. The summed E-state index contributed by atoms with van der Waals surface area (Å²) in [6, 6.07) is 10.8. The zero-order valence-corrected chi connectivity index (χ0v) is 16.8. The maximum Gasteiger partial charge on any atom is 0.254 e. The van der Waals surface area contributed by atoms with Gasteiger partial charge in [0, 0.05) is 37.4 Å². The van der Waals surface area contributed by atoms with Crippen molar-refractivity contribution in [3.05, 3.63) is 41.5 Å². The number of hydrogen-bond acceptors (Lipinski definition) is 7. The van der Waals surface area contributed by atoms with Crippen molar-refractivity contribution in [3.8, 4) is 23.3 Å². The number of nitrogens with zero attached hydrogens (tertiary/aromatic N) is 3. The Morgan fingerprint density at radius 3 is 2.14 bits per heavy atom. The van der Waals surface area contributed by atoms with E-state index in [1.54, 1.807) is 29.2 Å². The number of anilines is 2. The number of carbonyl (C=O) groups excluding carboxylic acids is 1. The smallest absolute Gasteiger partial charge is 0.254 e. The molecule has 1 heterocycles. The fourth-order valence-electron chi connectivity index (χ4n) is 3.46. The van der Waals surface area contributed by atoms with Crippen LogP contribution in [0.3, 0.4) is 0 Å². The van der Waals surface area contributed by atoms with Crippen molar-refractivity contribution < 1.29 is 19.0 Å². The molecule has 3 rings (SSSR count). The van der Waals surface area contributed by atoms with Gasteiger partial charge >= 0.3 is 0 Å². The summed E-state index contributed by atoms with van der Waals surface area (Å²) in [5, 5.41) is 9.37. The number of ether oxygens (including phenoxy) is 3. The van der Waals surface area contributed by atoms with E-state index in [0.29, 0.717) is 60.2 Å². The first kappa shape index (κ1) is 20.1. The SMILES string of the molecule is COc1cc(C(=O)N2CCN(c3ccc(N)cc3C#N)CC2)cc(OC)c1OC. The first-order valence-electron chi connectivity index (χ1n) is 9.16. The molecule has 1 saturated heterocycles. The van der Waals surface area contributed by atoms with E-state index in [4.69, 9.17) is 19.9 Å². The average molecular weight is 396 g/mol. The molecule has 152 valence electrons. The molecule has 8 nitrogen and oxygen atoms in total.